The van der Waals surface area contributed by atoms with Gasteiger partial charge in [0.1, 0.15) is 5.82 Å². The van der Waals surface area contributed by atoms with Gasteiger partial charge in [0.15, 0.2) is 0 Å². The zero-order valence-electron chi connectivity index (χ0n) is 11.9. The number of hydrogen-bond donors (Lipinski definition) is 0. The van der Waals surface area contributed by atoms with Crippen LogP contribution in [0.15, 0.2) is 22.7 Å². The van der Waals surface area contributed by atoms with Gasteiger partial charge in [0.25, 0.3) is 0 Å². The maximum Gasteiger partial charge on any atom is 0.127 e. The third-order valence-electron chi connectivity index (χ3n) is 3.20. The molecule has 0 saturated carbocycles. The minimum Gasteiger partial charge on any atom is -0.380 e. The lowest BCUT2D eigenvalue weighted by atomic mass is 10.3. The van der Waals surface area contributed by atoms with E-state index in [0.717, 1.165) is 47.3 Å². The number of fused-ring (bicyclic) bond motifs is 1. The van der Waals surface area contributed by atoms with Crippen LogP contribution < -0.4 is 0 Å². The van der Waals surface area contributed by atoms with Crippen LogP contribution in [0.1, 0.15) is 37.9 Å². The van der Waals surface area contributed by atoms with Crippen LogP contribution >= 0.6 is 27.5 Å². The number of unbranched alkanes of at least 4 members (excludes halogenated alkanes) is 1. The fourth-order valence-corrected chi connectivity index (χ4v) is 2.68. The molecule has 5 heteroatoms. The van der Waals surface area contributed by atoms with Gasteiger partial charge in [-0.15, -0.1) is 11.6 Å². The Hall–Kier alpha value is -0.580. The van der Waals surface area contributed by atoms with E-state index in [4.69, 9.17) is 16.3 Å². The molecule has 2 rings (SSSR count). The van der Waals surface area contributed by atoms with Gasteiger partial charge in [0.05, 0.1) is 23.0 Å². The van der Waals surface area contributed by atoms with Crippen LogP contribution in [0.3, 0.4) is 0 Å². The van der Waals surface area contributed by atoms with Crippen molar-refractivity contribution in [3.8, 4) is 0 Å². The van der Waals surface area contributed by atoms with Crippen molar-refractivity contribution in [3.63, 3.8) is 0 Å². The molecule has 1 unspecified atom stereocenters. The molecular weight excluding hydrogens is 340 g/mol. The molecule has 1 heterocycles. The van der Waals surface area contributed by atoms with Crippen LogP contribution in [0, 0.1) is 0 Å². The van der Waals surface area contributed by atoms with Crippen molar-refractivity contribution < 1.29 is 4.74 Å². The van der Waals surface area contributed by atoms with Crippen molar-refractivity contribution in [3.05, 3.63) is 28.5 Å². The van der Waals surface area contributed by atoms with Gasteiger partial charge in [-0.1, -0.05) is 29.3 Å². The highest BCUT2D eigenvalue weighted by atomic mass is 79.9. The zero-order chi connectivity index (χ0) is 14.5. The van der Waals surface area contributed by atoms with Crippen molar-refractivity contribution in [1.29, 1.82) is 0 Å². The molecule has 0 aliphatic carbocycles. The molecule has 1 aromatic carbocycles. The van der Waals surface area contributed by atoms with E-state index < -0.39 is 0 Å². The minimum absolute atomic E-state index is 0.114. The third-order valence-corrected chi connectivity index (χ3v) is 3.89. The fourth-order valence-electron chi connectivity index (χ4n) is 2.16. The summed E-state index contributed by atoms with van der Waals surface area (Å²) in [7, 11) is 0. The van der Waals surface area contributed by atoms with E-state index in [9.17, 15) is 0 Å². The maximum atomic E-state index is 6.25. The van der Waals surface area contributed by atoms with Crippen molar-refractivity contribution in [1.82, 2.24) is 9.55 Å². The van der Waals surface area contributed by atoms with Crippen molar-refractivity contribution in [2.75, 3.05) is 13.2 Å². The van der Waals surface area contributed by atoms with Crippen LogP contribution in [0.25, 0.3) is 11.0 Å². The molecule has 0 bridgehead atoms. The monoisotopic (exact) mass is 358 g/mol. The van der Waals surface area contributed by atoms with Crippen molar-refractivity contribution in [2.45, 2.75) is 38.6 Å². The molecule has 0 radical (unpaired) electrons. The molecule has 0 aliphatic rings. The minimum atomic E-state index is -0.114. The number of aromatic nitrogens is 2. The van der Waals surface area contributed by atoms with E-state index in [0.29, 0.717) is 6.61 Å². The normalized spacial score (nSPS) is 13.0. The van der Waals surface area contributed by atoms with Gasteiger partial charge in [-0.25, -0.2) is 4.98 Å². The van der Waals surface area contributed by atoms with Gasteiger partial charge >= 0.3 is 0 Å². The first-order valence-electron chi connectivity index (χ1n) is 7.01. The highest BCUT2D eigenvalue weighted by Gasteiger charge is 2.14. The summed E-state index contributed by atoms with van der Waals surface area (Å²) in [5.74, 6) is 0.902. The van der Waals surface area contributed by atoms with Gasteiger partial charge in [-0.3, -0.25) is 0 Å². The van der Waals surface area contributed by atoms with E-state index in [-0.39, 0.29) is 5.38 Å². The van der Waals surface area contributed by atoms with Crippen molar-refractivity contribution in [2.24, 2.45) is 0 Å². The number of ether oxygens (including phenoxy) is 1. The van der Waals surface area contributed by atoms with Gasteiger partial charge in [-0.2, -0.15) is 0 Å². The second-order valence-corrected chi connectivity index (χ2v) is 6.41. The first-order chi connectivity index (χ1) is 9.63. The van der Waals surface area contributed by atoms with Gasteiger partial charge < -0.3 is 9.30 Å². The second-order valence-electron chi connectivity index (χ2n) is 4.84. The third kappa shape index (κ3) is 3.74. The fraction of sp³-hybridized carbons (Fsp3) is 0.533. The Balaban J connectivity index is 2.18. The highest BCUT2D eigenvalue weighted by Crippen LogP contribution is 2.26. The summed E-state index contributed by atoms with van der Waals surface area (Å²) < 4.78 is 8.84. The van der Waals surface area contributed by atoms with Crippen LogP contribution in [0.4, 0.5) is 0 Å². The summed E-state index contributed by atoms with van der Waals surface area (Å²) >= 11 is 9.72. The summed E-state index contributed by atoms with van der Waals surface area (Å²) in [6, 6.07) is 6.12. The van der Waals surface area contributed by atoms with Crippen LogP contribution in [0.5, 0.6) is 0 Å². The van der Waals surface area contributed by atoms with Crippen LogP contribution in [-0.2, 0) is 11.3 Å². The molecule has 1 aromatic heterocycles. The molecule has 2 aromatic rings. The zero-order valence-corrected chi connectivity index (χ0v) is 14.2. The number of halogens is 2. The summed E-state index contributed by atoms with van der Waals surface area (Å²) in [6.45, 7) is 6.41. The van der Waals surface area contributed by atoms with E-state index in [1.807, 2.05) is 19.1 Å². The summed E-state index contributed by atoms with van der Waals surface area (Å²) in [5, 5.41) is -0.114. The maximum absolute atomic E-state index is 6.25. The Morgan fingerprint density at radius 3 is 2.90 bits per heavy atom. The number of nitrogens with zero attached hydrogens (tertiary/aromatic N) is 2. The summed E-state index contributed by atoms with van der Waals surface area (Å²) in [6.07, 6.45) is 2.27. The van der Waals surface area contributed by atoms with E-state index in [1.165, 1.54) is 0 Å². The molecule has 0 saturated heterocycles. The number of rotatable bonds is 7. The average molecular weight is 360 g/mol. The molecule has 1 atom stereocenters. The molecule has 0 N–H and O–H groups in total. The average Bonchev–Trinajstić information content (AvgIpc) is 2.76. The molecule has 0 amide bonds. The smallest absolute Gasteiger partial charge is 0.127 e. The molecule has 110 valence electrons. The quantitative estimate of drug-likeness (QED) is 0.518. The number of alkyl halides is 1. The number of hydrogen-bond acceptors (Lipinski definition) is 2. The molecular formula is C15H20BrClN2O. The van der Waals surface area contributed by atoms with Gasteiger partial charge in [0, 0.05) is 17.6 Å². The summed E-state index contributed by atoms with van der Waals surface area (Å²) in [5.41, 5.74) is 2.07. The van der Waals surface area contributed by atoms with E-state index in [2.05, 4.69) is 38.5 Å². The van der Waals surface area contributed by atoms with Crippen LogP contribution in [0.2, 0.25) is 0 Å². The lowest BCUT2D eigenvalue weighted by molar-refractivity contribution is 0.123. The molecule has 0 aliphatic heterocycles. The largest absolute Gasteiger partial charge is 0.380 e. The first kappa shape index (κ1) is 15.8. The Morgan fingerprint density at radius 2 is 2.20 bits per heavy atom. The Labute approximate surface area is 133 Å². The Morgan fingerprint density at radius 1 is 1.40 bits per heavy atom. The Bertz CT molecular complexity index is 568. The van der Waals surface area contributed by atoms with Crippen LogP contribution in [-0.4, -0.2) is 22.8 Å². The topological polar surface area (TPSA) is 27.1 Å². The van der Waals surface area contributed by atoms with Crippen molar-refractivity contribution >= 4 is 38.6 Å². The molecule has 0 spiro atoms. The molecule has 3 nitrogen and oxygen atoms in total. The highest BCUT2D eigenvalue weighted by molar-refractivity contribution is 9.10. The lowest BCUT2D eigenvalue weighted by Gasteiger charge is -2.11. The molecule has 0 fully saturated rings. The first-order valence-corrected chi connectivity index (χ1v) is 8.24. The van der Waals surface area contributed by atoms with E-state index >= 15 is 0 Å². The lowest BCUT2D eigenvalue weighted by Crippen LogP contribution is -2.10. The number of benzene rings is 1. The SMILES string of the molecule is CCCCOCCn1c(C(C)Cl)nc2cc(Br)ccc21. The Kier molecular flexibility index (Phi) is 5.87. The second kappa shape index (κ2) is 7.43. The predicted octanol–water partition coefficient (Wildman–Crippen LogP) is 4.92. The summed E-state index contributed by atoms with van der Waals surface area (Å²) in [4.78, 5) is 4.63. The van der Waals surface area contributed by atoms with E-state index in [1.54, 1.807) is 0 Å². The number of imidazole rings is 1. The predicted molar refractivity (Wildman–Crippen MR) is 87.4 cm³/mol. The standard InChI is InChI=1S/C15H20BrClN2O/c1-3-4-8-20-9-7-19-14-6-5-12(16)10-13(14)18-15(19)11(2)17/h5-6,10-11H,3-4,7-9H2,1-2H3. The van der Waals surface area contributed by atoms with Gasteiger partial charge in [0.2, 0.25) is 0 Å². The molecule has 20 heavy (non-hydrogen) atoms. The van der Waals surface area contributed by atoms with Gasteiger partial charge in [-0.05, 0) is 31.5 Å².